The van der Waals surface area contributed by atoms with Gasteiger partial charge in [-0.2, -0.15) is 0 Å². The van der Waals surface area contributed by atoms with E-state index >= 15 is 0 Å². The van der Waals surface area contributed by atoms with Crippen LogP contribution < -0.4 is 0 Å². The van der Waals surface area contributed by atoms with Crippen LogP contribution in [0.15, 0.2) is 41.4 Å². The number of hydrogen-bond donors (Lipinski definition) is 0. The highest BCUT2D eigenvalue weighted by molar-refractivity contribution is 6.31. The average molecular weight is 335 g/mol. The van der Waals surface area contributed by atoms with Crippen molar-refractivity contribution < 1.29 is 0 Å². The Bertz CT molecular complexity index is 681. The summed E-state index contributed by atoms with van der Waals surface area (Å²) >= 11 is 12.3. The molecule has 4 heteroatoms. The van der Waals surface area contributed by atoms with E-state index in [1.165, 1.54) is 11.1 Å². The van der Waals surface area contributed by atoms with Crippen LogP contribution in [0.4, 0.5) is 5.69 Å². The Kier molecular flexibility index (Phi) is 5.87. The summed E-state index contributed by atoms with van der Waals surface area (Å²) in [6, 6.07) is 11.8. The maximum Gasteiger partial charge on any atom is 0.0909 e. The van der Waals surface area contributed by atoms with Crippen LogP contribution in [-0.4, -0.2) is 24.8 Å². The molecule has 116 valence electrons. The Balaban J connectivity index is 2.32. The SMILES string of the molecule is CCN(C)C=Nc1cc(Cl)cc(Cc2cccc(Cl)c2)c1C. The molecule has 0 unspecified atom stereocenters. The van der Waals surface area contributed by atoms with Crippen molar-refractivity contribution in [3.05, 3.63) is 63.1 Å². The van der Waals surface area contributed by atoms with E-state index in [0.29, 0.717) is 5.02 Å². The first kappa shape index (κ1) is 16.9. The second-order valence-corrected chi connectivity index (χ2v) is 6.21. The number of aliphatic imine (C=N–C) groups is 1. The van der Waals surface area contributed by atoms with Crippen molar-refractivity contribution in [3.63, 3.8) is 0 Å². The molecule has 2 nitrogen and oxygen atoms in total. The first-order valence-electron chi connectivity index (χ1n) is 7.27. The lowest BCUT2D eigenvalue weighted by Gasteiger charge is -2.12. The zero-order valence-electron chi connectivity index (χ0n) is 13.1. The summed E-state index contributed by atoms with van der Waals surface area (Å²) in [6.07, 6.45) is 2.63. The molecule has 0 fully saturated rings. The van der Waals surface area contributed by atoms with Gasteiger partial charge >= 0.3 is 0 Å². The summed E-state index contributed by atoms with van der Waals surface area (Å²) < 4.78 is 0. The first-order chi connectivity index (χ1) is 10.5. The minimum Gasteiger partial charge on any atom is -0.366 e. The lowest BCUT2D eigenvalue weighted by atomic mass is 9.99. The van der Waals surface area contributed by atoms with Crippen molar-refractivity contribution >= 4 is 35.2 Å². The van der Waals surface area contributed by atoms with Crippen molar-refractivity contribution in [3.8, 4) is 0 Å². The highest BCUT2D eigenvalue weighted by atomic mass is 35.5. The number of rotatable bonds is 5. The fourth-order valence-electron chi connectivity index (χ4n) is 2.15. The van der Waals surface area contributed by atoms with Gasteiger partial charge in [-0.1, -0.05) is 35.3 Å². The van der Waals surface area contributed by atoms with Gasteiger partial charge in [-0.25, -0.2) is 4.99 Å². The van der Waals surface area contributed by atoms with Crippen molar-refractivity contribution in [1.29, 1.82) is 0 Å². The minimum absolute atomic E-state index is 0.703. The van der Waals surface area contributed by atoms with Crippen LogP contribution in [0.5, 0.6) is 0 Å². The van der Waals surface area contributed by atoms with Crippen molar-refractivity contribution in [2.24, 2.45) is 4.99 Å². The Morgan fingerprint density at radius 3 is 2.59 bits per heavy atom. The van der Waals surface area contributed by atoms with Crippen LogP contribution in [0.2, 0.25) is 10.0 Å². The van der Waals surface area contributed by atoms with Gasteiger partial charge in [-0.15, -0.1) is 0 Å². The molecule has 0 saturated carbocycles. The van der Waals surface area contributed by atoms with E-state index in [1.807, 2.05) is 48.6 Å². The van der Waals surface area contributed by atoms with Gasteiger partial charge in [0.2, 0.25) is 0 Å². The number of hydrogen-bond acceptors (Lipinski definition) is 1. The summed E-state index contributed by atoms with van der Waals surface area (Å²) in [4.78, 5) is 6.57. The largest absolute Gasteiger partial charge is 0.366 e. The highest BCUT2D eigenvalue weighted by Crippen LogP contribution is 2.29. The van der Waals surface area contributed by atoms with Gasteiger partial charge < -0.3 is 4.90 Å². The summed E-state index contributed by atoms with van der Waals surface area (Å²) in [5, 5.41) is 1.45. The molecule has 0 atom stereocenters. The molecule has 2 aromatic carbocycles. The minimum atomic E-state index is 0.703. The molecule has 2 aromatic rings. The van der Waals surface area contributed by atoms with E-state index in [9.17, 15) is 0 Å². The third-order valence-electron chi connectivity index (χ3n) is 3.63. The van der Waals surface area contributed by atoms with Crippen molar-refractivity contribution in [2.45, 2.75) is 20.3 Å². The van der Waals surface area contributed by atoms with Crippen LogP contribution in [0.3, 0.4) is 0 Å². The van der Waals surface area contributed by atoms with Crippen LogP contribution in [0, 0.1) is 6.92 Å². The van der Waals surface area contributed by atoms with Gasteiger partial charge in [0.15, 0.2) is 0 Å². The van der Waals surface area contributed by atoms with E-state index in [2.05, 4.69) is 24.9 Å². The average Bonchev–Trinajstić information content (AvgIpc) is 2.48. The Hall–Kier alpha value is -1.51. The second-order valence-electron chi connectivity index (χ2n) is 5.33. The first-order valence-corrected chi connectivity index (χ1v) is 8.03. The molecular weight excluding hydrogens is 315 g/mol. The van der Waals surface area contributed by atoms with E-state index in [4.69, 9.17) is 23.2 Å². The van der Waals surface area contributed by atoms with Gasteiger partial charge in [0.25, 0.3) is 0 Å². The molecule has 0 heterocycles. The number of nitrogens with zero attached hydrogens (tertiary/aromatic N) is 2. The maximum atomic E-state index is 6.26. The van der Waals surface area contributed by atoms with Crippen molar-refractivity contribution in [1.82, 2.24) is 4.90 Å². The molecule has 0 saturated heterocycles. The molecule has 0 aliphatic rings. The van der Waals surface area contributed by atoms with Crippen LogP contribution >= 0.6 is 23.2 Å². The second kappa shape index (κ2) is 7.66. The zero-order valence-corrected chi connectivity index (χ0v) is 14.6. The molecule has 0 radical (unpaired) electrons. The van der Waals surface area contributed by atoms with E-state index in [0.717, 1.165) is 29.2 Å². The molecule has 0 bridgehead atoms. The predicted molar refractivity (Wildman–Crippen MR) is 96.9 cm³/mol. The van der Waals surface area contributed by atoms with Gasteiger partial charge in [0, 0.05) is 23.6 Å². The zero-order chi connectivity index (χ0) is 16.1. The maximum absolute atomic E-state index is 6.26. The molecule has 0 amide bonds. The van der Waals surface area contributed by atoms with E-state index in [-0.39, 0.29) is 0 Å². The third kappa shape index (κ3) is 4.49. The van der Waals surface area contributed by atoms with Gasteiger partial charge in [-0.3, -0.25) is 0 Å². The lowest BCUT2D eigenvalue weighted by Crippen LogP contribution is -2.14. The fourth-order valence-corrected chi connectivity index (χ4v) is 2.59. The molecule has 0 aliphatic carbocycles. The normalized spacial score (nSPS) is 11.1. The topological polar surface area (TPSA) is 15.6 Å². The molecular formula is C18H20Cl2N2. The van der Waals surface area contributed by atoms with Gasteiger partial charge in [0.1, 0.15) is 0 Å². The Morgan fingerprint density at radius 1 is 1.14 bits per heavy atom. The summed E-state index contributed by atoms with van der Waals surface area (Å²) in [6.45, 7) is 5.08. The van der Waals surface area contributed by atoms with E-state index < -0.39 is 0 Å². The standard InChI is InChI=1S/C18H20Cl2N2/c1-4-22(3)12-21-18-11-17(20)10-15(13(18)2)8-14-6-5-7-16(19)9-14/h5-7,9-12H,4,8H2,1-3H3. The quantitative estimate of drug-likeness (QED) is 0.520. The molecule has 22 heavy (non-hydrogen) atoms. The molecule has 2 rings (SSSR count). The summed E-state index contributed by atoms with van der Waals surface area (Å²) in [7, 11) is 2.00. The third-order valence-corrected chi connectivity index (χ3v) is 4.08. The molecule has 0 aromatic heterocycles. The summed E-state index contributed by atoms with van der Waals surface area (Å²) in [5.74, 6) is 0. The van der Waals surface area contributed by atoms with Gasteiger partial charge in [-0.05, 0) is 61.2 Å². The monoisotopic (exact) mass is 334 g/mol. The number of benzene rings is 2. The molecule has 0 N–H and O–H groups in total. The Labute approximate surface area is 142 Å². The van der Waals surface area contributed by atoms with Gasteiger partial charge in [0.05, 0.1) is 12.0 Å². The van der Waals surface area contributed by atoms with Crippen LogP contribution in [0.1, 0.15) is 23.6 Å². The smallest absolute Gasteiger partial charge is 0.0909 e. The van der Waals surface area contributed by atoms with Crippen LogP contribution in [-0.2, 0) is 6.42 Å². The Morgan fingerprint density at radius 2 is 1.91 bits per heavy atom. The highest BCUT2D eigenvalue weighted by Gasteiger charge is 2.07. The van der Waals surface area contributed by atoms with E-state index in [1.54, 1.807) is 0 Å². The molecule has 0 aliphatic heterocycles. The molecule has 0 spiro atoms. The fraction of sp³-hybridized carbons (Fsp3) is 0.278. The number of halogens is 2. The lowest BCUT2D eigenvalue weighted by molar-refractivity contribution is 0.552. The van der Waals surface area contributed by atoms with Crippen molar-refractivity contribution in [2.75, 3.05) is 13.6 Å². The van der Waals surface area contributed by atoms with Crippen LogP contribution in [0.25, 0.3) is 0 Å². The summed E-state index contributed by atoms with van der Waals surface area (Å²) in [5.41, 5.74) is 4.38. The predicted octanol–water partition coefficient (Wildman–Crippen LogP) is 5.50.